The van der Waals surface area contributed by atoms with Gasteiger partial charge in [0.25, 0.3) is 7.82 Å². The number of rotatable bonds is 70. The van der Waals surface area contributed by atoms with Gasteiger partial charge in [0.2, 0.25) is 5.91 Å². The topological polar surface area (TPSA) is 108 Å². The van der Waals surface area contributed by atoms with Gasteiger partial charge in [-0.15, -0.1) is 0 Å². The van der Waals surface area contributed by atoms with Gasteiger partial charge in [0.1, 0.15) is 13.2 Å². The zero-order valence-corrected chi connectivity index (χ0v) is 60.7. The number of carbonyl (C=O) groups is 1. The number of allylic oxidation sites excluding steroid dienone is 17. The molecule has 0 bridgehead atoms. The average molecular weight is 1280 g/mol. The maximum Gasteiger partial charge on any atom is 0.268 e. The molecule has 2 N–H and O–H groups in total. The van der Waals surface area contributed by atoms with Crippen molar-refractivity contribution in [2.75, 3.05) is 40.9 Å². The second-order valence-electron chi connectivity index (χ2n) is 27.0. The molecule has 90 heavy (non-hydrogen) atoms. The van der Waals surface area contributed by atoms with E-state index >= 15 is 0 Å². The number of quaternary nitrogens is 1. The van der Waals surface area contributed by atoms with Crippen LogP contribution >= 0.6 is 7.82 Å². The Balaban J connectivity index is 4.05. The van der Waals surface area contributed by atoms with Crippen molar-refractivity contribution < 1.29 is 32.9 Å². The third-order valence-corrected chi connectivity index (χ3v) is 17.9. The van der Waals surface area contributed by atoms with Crippen LogP contribution < -0.4 is 10.2 Å². The predicted molar refractivity (Wildman–Crippen MR) is 394 cm³/mol. The van der Waals surface area contributed by atoms with Crippen LogP contribution in [0.2, 0.25) is 0 Å². The lowest BCUT2D eigenvalue weighted by atomic mass is 10.0. The van der Waals surface area contributed by atoms with Gasteiger partial charge in [-0.25, -0.2) is 0 Å². The molecule has 8 nitrogen and oxygen atoms in total. The number of nitrogens with zero attached hydrogens (tertiary/aromatic N) is 1. The molecule has 0 saturated carbocycles. The first-order valence-electron chi connectivity index (χ1n) is 38.2. The first-order chi connectivity index (χ1) is 44.0. The Kier molecular flexibility index (Phi) is 68.3. The number of aliphatic hydroxyl groups is 1. The molecular formula is C81H147N2O6P. The van der Waals surface area contributed by atoms with Gasteiger partial charge >= 0.3 is 0 Å². The third-order valence-electron chi connectivity index (χ3n) is 16.9. The molecule has 0 aromatic carbocycles. The van der Waals surface area contributed by atoms with Crippen LogP contribution in [0.5, 0.6) is 0 Å². The molecule has 0 aliphatic carbocycles. The zero-order chi connectivity index (χ0) is 65.5. The summed E-state index contributed by atoms with van der Waals surface area (Å²) in [4.78, 5) is 25.7. The Morgan fingerprint density at radius 1 is 0.400 bits per heavy atom. The highest BCUT2D eigenvalue weighted by atomic mass is 31.2. The number of amides is 1. The largest absolute Gasteiger partial charge is 0.756 e. The lowest BCUT2D eigenvalue weighted by molar-refractivity contribution is -0.870. The standard InChI is InChI=1S/C81H147N2O6P/c1-6-8-10-12-14-16-18-20-22-24-26-28-30-32-34-36-37-38-39-40-41-42-43-44-45-47-49-51-53-55-57-59-61-63-65-67-69-71-73-75-81(85)82-79(78-89-90(86,87)88-77-76-83(3,4)5)80(84)74-72-70-68-66-64-62-60-58-56-54-52-50-48-46-35-33-31-29-27-25-23-21-19-17-15-13-11-9-7-2/h8,10,14,16,20,22,26,28,32,34,37-38,56,58,64,66,72,74,79-80,84H,6-7,9,11-13,15,17-19,21,23-25,27,29-31,33,35-36,39-55,57,59-63,65,67-71,73,75-78H2,1-5H3,(H-,82,85,86,87)/b10-8-,16-14-,22-20-,28-26-,34-32-,38-37-,58-56+,66-64+,74-72+. The van der Waals surface area contributed by atoms with Gasteiger partial charge in [0.15, 0.2) is 0 Å². The van der Waals surface area contributed by atoms with Crippen molar-refractivity contribution in [1.82, 2.24) is 5.32 Å². The molecule has 0 aromatic rings. The highest BCUT2D eigenvalue weighted by Gasteiger charge is 2.23. The molecule has 0 aliphatic rings. The number of aliphatic hydroxyl groups excluding tert-OH is 1. The van der Waals surface area contributed by atoms with Crippen LogP contribution in [0.25, 0.3) is 0 Å². The van der Waals surface area contributed by atoms with Gasteiger partial charge in [-0.05, 0) is 96.3 Å². The summed E-state index contributed by atoms with van der Waals surface area (Å²) in [7, 11) is 1.24. The summed E-state index contributed by atoms with van der Waals surface area (Å²) in [5.41, 5.74) is 0. The van der Waals surface area contributed by atoms with E-state index in [-0.39, 0.29) is 12.5 Å². The normalized spacial score (nSPS) is 14.2. The van der Waals surface area contributed by atoms with Gasteiger partial charge in [0.05, 0.1) is 39.9 Å². The highest BCUT2D eigenvalue weighted by Crippen LogP contribution is 2.38. The van der Waals surface area contributed by atoms with Crippen LogP contribution in [0.3, 0.4) is 0 Å². The van der Waals surface area contributed by atoms with E-state index in [9.17, 15) is 19.4 Å². The minimum absolute atomic E-state index is 0.0111. The summed E-state index contributed by atoms with van der Waals surface area (Å²) in [5.74, 6) is -0.208. The molecule has 0 aliphatic heterocycles. The summed E-state index contributed by atoms with van der Waals surface area (Å²) in [6.07, 6.45) is 104. The van der Waals surface area contributed by atoms with E-state index in [1.54, 1.807) is 6.08 Å². The van der Waals surface area contributed by atoms with E-state index < -0.39 is 26.6 Å². The molecule has 1 amide bonds. The Bertz CT molecular complexity index is 1840. The van der Waals surface area contributed by atoms with E-state index in [0.717, 1.165) is 83.5 Å². The molecule has 0 spiro atoms. The van der Waals surface area contributed by atoms with Crippen molar-refractivity contribution in [2.24, 2.45) is 0 Å². The summed E-state index contributed by atoms with van der Waals surface area (Å²) < 4.78 is 23.5. The van der Waals surface area contributed by atoms with Gasteiger partial charge < -0.3 is 28.8 Å². The fourth-order valence-electron chi connectivity index (χ4n) is 11.1. The number of carbonyl (C=O) groups excluding carboxylic acids is 1. The summed E-state index contributed by atoms with van der Waals surface area (Å²) in [6.45, 7) is 4.54. The molecule has 3 unspecified atom stereocenters. The lowest BCUT2D eigenvalue weighted by Gasteiger charge is -2.29. The van der Waals surface area contributed by atoms with Gasteiger partial charge in [-0.2, -0.15) is 0 Å². The van der Waals surface area contributed by atoms with Crippen LogP contribution in [-0.2, 0) is 18.4 Å². The number of likely N-dealkylation sites (N-methyl/N-ethyl adjacent to an activating group) is 1. The van der Waals surface area contributed by atoms with Crippen molar-refractivity contribution in [3.8, 4) is 0 Å². The number of unbranched alkanes of at least 4 members (excludes halogenated alkanes) is 41. The molecule has 0 aromatic heterocycles. The van der Waals surface area contributed by atoms with Gasteiger partial charge in [0, 0.05) is 6.42 Å². The number of hydrogen-bond acceptors (Lipinski definition) is 6. The Morgan fingerprint density at radius 3 is 1.03 bits per heavy atom. The summed E-state index contributed by atoms with van der Waals surface area (Å²) in [6, 6.07) is -0.916. The van der Waals surface area contributed by atoms with Crippen LogP contribution in [0.4, 0.5) is 0 Å². The molecule has 0 heterocycles. The fourth-order valence-corrected chi connectivity index (χ4v) is 11.8. The number of nitrogens with one attached hydrogen (secondary N) is 1. The van der Waals surface area contributed by atoms with E-state index in [4.69, 9.17) is 9.05 Å². The predicted octanol–water partition coefficient (Wildman–Crippen LogP) is 24.4. The molecule has 0 saturated heterocycles. The minimum Gasteiger partial charge on any atom is -0.756 e. The molecule has 0 radical (unpaired) electrons. The Morgan fingerprint density at radius 2 is 0.689 bits per heavy atom. The van der Waals surface area contributed by atoms with Crippen LogP contribution in [0.15, 0.2) is 109 Å². The molecule has 522 valence electrons. The van der Waals surface area contributed by atoms with Crippen LogP contribution in [0, 0.1) is 0 Å². The minimum atomic E-state index is -4.62. The zero-order valence-electron chi connectivity index (χ0n) is 59.8. The molecular weight excluding hydrogens is 1130 g/mol. The van der Waals surface area contributed by atoms with Crippen LogP contribution in [0.1, 0.15) is 348 Å². The number of hydrogen-bond donors (Lipinski definition) is 2. The van der Waals surface area contributed by atoms with Crippen molar-refractivity contribution in [3.05, 3.63) is 109 Å². The summed E-state index contributed by atoms with van der Waals surface area (Å²) >= 11 is 0. The monoisotopic (exact) mass is 1280 g/mol. The SMILES string of the molecule is CC/C=C\C/C=C\C/C=C\C/C=C\C/C=C\C/C=C\CCCCCCCCCCCCCCCCCCCCCCC(=O)NC(COP(=O)([O-])OCC[N+](C)(C)C)C(O)/C=C/CC/C=C/CC/C=C/CCCCCCCCCCCCCCCCCCCCC. The first-order valence-corrected chi connectivity index (χ1v) is 39.7. The molecule has 3 atom stereocenters. The van der Waals surface area contributed by atoms with E-state index in [2.05, 4.69) is 116 Å². The fraction of sp³-hybridized carbons (Fsp3) is 0.765. The third kappa shape index (κ3) is 72.6. The van der Waals surface area contributed by atoms with E-state index in [1.807, 2.05) is 27.2 Å². The number of phosphoric acid groups is 1. The quantitative estimate of drug-likeness (QED) is 0.0272. The Hall–Kier alpha value is -2.84. The van der Waals surface area contributed by atoms with Gasteiger partial charge in [-0.1, -0.05) is 354 Å². The highest BCUT2D eigenvalue weighted by molar-refractivity contribution is 7.45. The van der Waals surface area contributed by atoms with Crippen LogP contribution in [-0.4, -0.2) is 68.5 Å². The van der Waals surface area contributed by atoms with Crippen molar-refractivity contribution in [2.45, 2.75) is 360 Å². The maximum absolute atomic E-state index is 13.1. The van der Waals surface area contributed by atoms with Gasteiger partial charge in [-0.3, -0.25) is 9.36 Å². The van der Waals surface area contributed by atoms with E-state index in [1.165, 1.54) is 244 Å². The van der Waals surface area contributed by atoms with Crippen molar-refractivity contribution in [1.29, 1.82) is 0 Å². The average Bonchev–Trinajstić information content (AvgIpc) is 3.72. The Labute approximate surface area is 559 Å². The van der Waals surface area contributed by atoms with Crippen molar-refractivity contribution >= 4 is 13.7 Å². The first kappa shape index (κ1) is 87.2. The number of phosphoric ester groups is 1. The molecule has 0 rings (SSSR count). The smallest absolute Gasteiger partial charge is 0.268 e. The maximum atomic E-state index is 13.1. The molecule has 0 fully saturated rings. The molecule has 9 heteroatoms. The second-order valence-corrected chi connectivity index (χ2v) is 28.4. The summed E-state index contributed by atoms with van der Waals surface area (Å²) in [5, 5.41) is 14.0. The lowest BCUT2D eigenvalue weighted by Crippen LogP contribution is -2.45. The van der Waals surface area contributed by atoms with E-state index in [0.29, 0.717) is 17.4 Å². The second kappa shape index (κ2) is 70.5. The van der Waals surface area contributed by atoms with Crippen molar-refractivity contribution in [3.63, 3.8) is 0 Å².